The first-order chi connectivity index (χ1) is 13.8. The Labute approximate surface area is 170 Å². The minimum absolute atomic E-state index is 0.0245. The molecular weight excluding hydrogens is 364 g/mol. The number of hydrogen-bond acceptors (Lipinski definition) is 4. The van der Waals surface area contributed by atoms with Crippen molar-refractivity contribution in [2.24, 2.45) is 4.99 Å². The molecule has 2 aliphatic heterocycles. The summed E-state index contributed by atoms with van der Waals surface area (Å²) in [4.78, 5) is 12.3. The van der Waals surface area contributed by atoms with Crippen molar-refractivity contribution in [2.45, 2.75) is 38.4 Å². The summed E-state index contributed by atoms with van der Waals surface area (Å²) in [6, 6.07) is 19.9. The van der Waals surface area contributed by atoms with Gasteiger partial charge in [0.25, 0.3) is 0 Å². The number of nitrogens with zero attached hydrogens (tertiary/aromatic N) is 4. The molecule has 142 valence electrons. The third kappa shape index (κ3) is 2.85. The predicted octanol–water partition coefficient (Wildman–Crippen LogP) is 5.16. The van der Waals surface area contributed by atoms with Gasteiger partial charge in [-0.25, -0.2) is 0 Å². The molecule has 3 unspecified atom stereocenters. The Bertz CT molecular complexity index is 1010. The molecule has 1 fully saturated rings. The van der Waals surface area contributed by atoms with Gasteiger partial charge in [0.15, 0.2) is 5.17 Å². The number of aryl methyl sites for hydroxylation is 1. The van der Waals surface area contributed by atoms with Crippen LogP contribution in [-0.4, -0.2) is 31.4 Å². The fourth-order valence-electron chi connectivity index (χ4n) is 4.32. The summed E-state index contributed by atoms with van der Waals surface area (Å²) in [5.41, 5.74) is 4.79. The SMILES string of the molecule is CCC1CSC2=NC(c3ccccn3)C(c3cccn3-c3cccc(C)c3)N21. The van der Waals surface area contributed by atoms with E-state index in [1.165, 1.54) is 22.1 Å². The summed E-state index contributed by atoms with van der Waals surface area (Å²) in [6.45, 7) is 4.42. The van der Waals surface area contributed by atoms with Crippen LogP contribution >= 0.6 is 11.8 Å². The Morgan fingerprint density at radius 1 is 1.11 bits per heavy atom. The molecule has 1 aromatic carbocycles. The van der Waals surface area contributed by atoms with Crippen LogP contribution in [0.25, 0.3) is 5.69 Å². The number of aliphatic imine (C=N–C) groups is 1. The molecule has 28 heavy (non-hydrogen) atoms. The number of aromatic nitrogens is 2. The molecule has 5 heteroatoms. The van der Waals surface area contributed by atoms with Crippen LogP contribution in [0.3, 0.4) is 0 Å². The van der Waals surface area contributed by atoms with Gasteiger partial charge in [0.1, 0.15) is 12.1 Å². The van der Waals surface area contributed by atoms with E-state index in [2.05, 4.69) is 83.0 Å². The largest absolute Gasteiger partial charge is 0.337 e. The van der Waals surface area contributed by atoms with E-state index in [4.69, 9.17) is 4.99 Å². The van der Waals surface area contributed by atoms with E-state index in [1.807, 2.05) is 24.0 Å². The molecule has 4 nitrogen and oxygen atoms in total. The van der Waals surface area contributed by atoms with Gasteiger partial charge in [-0.15, -0.1) is 0 Å². The van der Waals surface area contributed by atoms with Crippen molar-refractivity contribution in [2.75, 3.05) is 5.75 Å². The summed E-state index contributed by atoms with van der Waals surface area (Å²) in [5, 5.41) is 1.17. The van der Waals surface area contributed by atoms with Gasteiger partial charge in [-0.1, -0.05) is 36.9 Å². The van der Waals surface area contributed by atoms with Gasteiger partial charge in [0.05, 0.1) is 5.69 Å². The predicted molar refractivity (Wildman–Crippen MR) is 116 cm³/mol. The van der Waals surface area contributed by atoms with Gasteiger partial charge in [-0.05, 0) is 55.3 Å². The van der Waals surface area contributed by atoms with Gasteiger partial charge in [-0.3, -0.25) is 9.98 Å². The van der Waals surface area contributed by atoms with Crippen LogP contribution < -0.4 is 0 Å². The van der Waals surface area contributed by atoms with Crippen molar-refractivity contribution in [3.8, 4) is 5.69 Å². The lowest BCUT2D eigenvalue weighted by atomic mass is 9.99. The molecule has 0 radical (unpaired) electrons. The summed E-state index contributed by atoms with van der Waals surface area (Å²) in [5.74, 6) is 1.12. The van der Waals surface area contributed by atoms with Crippen molar-refractivity contribution < 1.29 is 0 Å². The van der Waals surface area contributed by atoms with Crippen LogP contribution in [0.15, 0.2) is 72.0 Å². The van der Waals surface area contributed by atoms with Crippen molar-refractivity contribution in [1.29, 1.82) is 0 Å². The number of hydrogen-bond donors (Lipinski definition) is 0. The number of fused-ring (bicyclic) bond motifs is 1. The molecule has 0 saturated carbocycles. The molecule has 4 heterocycles. The number of pyridine rings is 1. The highest BCUT2D eigenvalue weighted by Gasteiger charge is 2.46. The van der Waals surface area contributed by atoms with Gasteiger partial charge in [0, 0.05) is 35.6 Å². The van der Waals surface area contributed by atoms with Crippen LogP contribution in [0.1, 0.15) is 42.4 Å². The maximum atomic E-state index is 5.14. The molecule has 0 spiro atoms. The van der Waals surface area contributed by atoms with E-state index in [9.17, 15) is 0 Å². The molecule has 3 aromatic rings. The highest BCUT2D eigenvalue weighted by Crippen LogP contribution is 2.48. The van der Waals surface area contributed by atoms with Gasteiger partial charge < -0.3 is 9.47 Å². The maximum Gasteiger partial charge on any atom is 0.160 e. The molecular formula is C23H24N4S. The van der Waals surface area contributed by atoms with Crippen molar-refractivity contribution in [3.63, 3.8) is 0 Å². The van der Waals surface area contributed by atoms with Crippen LogP contribution in [-0.2, 0) is 0 Å². The number of benzene rings is 1. The van der Waals surface area contributed by atoms with Crippen LogP contribution in [0.2, 0.25) is 0 Å². The van der Waals surface area contributed by atoms with E-state index in [0.717, 1.165) is 17.9 Å². The lowest BCUT2D eigenvalue weighted by Crippen LogP contribution is -2.36. The lowest BCUT2D eigenvalue weighted by Gasteiger charge is -2.32. The highest BCUT2D eigenvalue weighted by molar-refractivity contribution is 8.14. The molecule has 0 aliphatic carbocycles. The zero-order valence-electron chi connectivity index (χ0n) is 16.2. The van der Waals surface area contributed by atoms with Crippen LogP contribution in [0.5, 0.6) is 0 Å². The average Bonchev–Trinajstić information content (AvgIpc) is 3.43. The second kappa shape index (κ2) is 7.13. The molecule has 2 aromatic heterocycles. The van der Waals surface area contributed by atoms with E-state index in [1.54, 1.807) is 0 Å². The fourth-order valence-corrected chi connectivity index (χ4v) is 5.66. The fraction of sp³-hybridized carbons (Fsp3) is 0.304. The quantitative estimate of drug-likeness (QED) is 0.619. The van der Waals surface area contributed by atoms with E-state index in [-0.39, 0.29) is 12.1 Å². The Morgan fingerprint density at radius 3 is 2.82 bits per heavy atom. The standard InChI is InChI=1S/C23H24N4S/c1-3-17-15-28-23-25-21(19-10-4-5-12-24-19)22(27(17)23)20-11-7-13-26(20)18-9-6-8-16(2)14-18/h4-14,17,21-22H,3,15H2,1-2H3. The zero-order valence-corrected chi connectivity index (χ0v) is 17.0. The Kier molecular flexibility index (Phi) is 4.47. The minimum Gasteiger partial charge on any atom is -0.337 e. The van der Waals surface area contributed by atoms with E-state index >= 15 is 0 Å². The topological polar surface area (TPSA) is 33.4 Å². The monoisotopic (exact) mass is 388 g/mol. The van der Waals surface area contributed by atoms with Crippen LogP contribution in [0, 0.1) is 6.92 Å². The summed E-state index contributed by atoms with van der Waals surface area (Å²) in [6.07, 6.45) is 5.17. The molecule has 0 bridgehead atoms. The van der Waals surface area contributed by atoms with E-state index < -0.39 is 0 Å². The first kappa shape index (κ1) is 17.6. The first-order valence-corrected chi connectivity index (χ1v) is 10.9. The van der Waals surface area contributed by atoms with Gasteiger partial charge in [0.2, 0.25) is 0 Å². The first-order valence-electron chi connectivity index (χ1n) is 9.90. The second-order valence-electron chi connectivity index (χ2n) is 7.48. The van der Waals surface area contributed by atoms with Crippen molar-refractivity contribution >= 4 is 16.9 Å². The number of amidine groups is 1. The Morgan fingerprint density at radius 2 is 2.04 bits per heavy atom. The maximum absolute atomic E-state index is 5.14. The molecule has 2 aliphatic rings. The van der Waals surface area contributed by atoms with Crippen molar-refractivity contribution in [3.05, 3.63) is 83.9 Å². The highest BCUT2D eigenvalue weighted by atomic mass is 32.2. The third-order valence-electron chi connectivity index (χ3n) is 5.69. The van der Waals surface area contributed by atoms with Crippen LogP contribution in [0.4, 0.5) is 0 Å². The zero-order chi connectivity index (χ0) is 19.1. The minimum atomic E-state index is 0.0245. The normalized spacial score (nSPS) is 23.7. The molecule has 0 N–H and O–H groups in total. The van der Waals surface area contributed by atoms with Crippen molar-refractivity contribution in [1.82, 2.24) is 14.5 Å². The Balaban J connectivity index is 1.63. The molecule has 0 amide bonds. The molecule has 3 atom stereocenters. The molecule has 1 saturated heterocycles. The number of thioether (sulfide) groups is 1. The van der Waals surface area contributed by atoms with Gasteiger partial charge >= 0.3 is 0 Å². The van der Waals surface area contributed by atoms with E-state index in [0.29, 0.717) is 6.04 Å². The summed E-state index contributed by atoms with van der Waals surface area (Å²) < 4.78 is 2.32. The Hall–Kier alpha value is -2.53. The second-order valence-corrected chi connectivity index (χ2v) is 8.47. The summed E-state index contributed by atoms with van der Waals surface area (Å²) >= 11 is 1.89. The smallest absolute Gasteiger partial charge is 0.160 e. The van der Waals surface area contributed by atoms with Gasteiger partial charge in [-0.2, -0.15) is 0 Å². The third-order valence-corrected chi connectivity index (χ3v) is 6.82. The summed E-state index contributed by atoms with van der Waals surface area (Å²) in [7, 11) is 0. The average molecular weight is 389 g/mol. The number of rotatable bonds is 4. The lowest BCUT2D eigenvalue weighted by molar-refractivity contribution is 0.249. The molecule has 5 rings (SSSR count).